The summed E-state index contributed by atoms with van der Waals surface area (Å²) < 4.78 is 5.88. The summed E-state index contributed by atoms with van der Waals surface area (Å²) in [5.74, 6) is 0.186. The Hall–Kier alpha value is -1.85. The molecule has 23 heavy (non-hydrogen) atoms. The molecule has 1 unspecified atom stereocenters. The predicted molar refractivity (Wildman–Crippen MR) is 94.1 cm³/mol. The number of anilines is 1. The number of carbonyl (C=O) groups is 1. The van der Waals surface area contributed by atoms with Crippen LogP contribution in [0, 0.1) is 0 Å². The number of benzene rings is 1. The molecule has 1 amide bonds. The van der Waals surface area contributed by atoms with Crippen LogP contribution in [0.1, 0.15) is 16.5 Å². The van der Waals surface area contributed by atoms with Crippen LogP contribution in [0.5, 0.6) is 0 Å². The summed E-state index contributed by atoms with van der Waals surface area (Å²) in [4.78, 5) is 17.6. The third-order valence-corrected chi connectivity index (χ3v) is 4.98. The average Bonchev–Trinajstić information content (AvgIpc) is 3.08. The van der Waals surface area contributed by atoms with Gasteiger partial charge in [0.15, 0.2) is 0 Å². The summed E-state index contributed by atoms with van der Waals surface area (Å²) >= 11 is 1.63. The molecule has 3 rings (SSSR count). The Kier molecular flexibility index (Phi) is 4.98. The molecule has 0 N–H and O–H groups in total. The highest BCUT2D eigenvalue weighted by atomic mass is 32.1. The van der Waals surface area contributed by atoms with Gasteiger partial charge in [0.1, 0.15) is 6.10 Å². The van der Waals surface area contributed by atoms with Crippen molar-refractivity contribution in [3.05, 3.63) is 52.2 Å². The van der Waals surface area contributed by atoms with E-state index in [1.165, 1.54) is 0 Å². The van der Waals surface area contributed by atoms with E-state index >= 15 is 0 Å². The minimum atomic E-state index is -0.0350. The van der Waals surface area contributed by atoms with Gasteiger partial charge in [-0.25, -0.2) is 0 Å². The van der Waals surface area contributed by atoms with Gasteiger partial charge in [0.2, 0.25) is 5.91 Å². The Labute approximate surface area is 141 Å². The third-order valence-electron chi connectivity index (χ3n) is 4.11. The molecule has 0 radical (unpaired) electrons. The predicted octanol–water partition coefficient (Wildman–Crippen LogP) is 2.96. The summed E-state index contributed by atoms with van der Waals surface area (Å²) in [6.45, 7) is 1.90. The molecule has 5 heteroatoms. The lowest BCUT2D eigenvalue weighted by Gasteiger charge is -2.33. The van der Waals surface area contributed by atoms with E-state index in [1.807, 2.05) is 36.5 Å². The molecule has 0 bridgehead atoms. The maximum Gasteiger partial charge on any atom is 0.228 e. The van der Waals surface area contributed by atoms with Crippen LogP contribution in [0.3, 0.4) is 0 Å². The molecule has 1 aromatic heterocycles. The number of ether oxygens (including phenoxy) is 1. The molecular weight excluding hydrogens is 308 g/mol. The molecule has 0 saturated carbocycles. The second kappa shape index (κ2) is 7.15. The Bertz CT molecular complexity index is 638. The smallest absolute Gasteiger partial charge is 0.228 e. The quantitative estimate of drug-likeness (QED) is 0.864. The van der Waals surface area contributed by atoms with Gasteiger partial charge >= 0.3 is 0 Å². The van der Waals surface area contributed by atoms with Crippen LogP contribution in [-0.2, 0) is 16.0 Å². The number of carbonyl (C=O) groups excluding carboxylic acids is 1. The first-order valence-corrected chi connectivity index (χ1v) is 8.70. The van der Waals surface area contributed by atoms with E-state index in [0.29, 0.717) is 26.1 Å². The molecule has 0 spiro atoms. The Balaban J connectivity index is 1.64. The van der Waals surface area contributed by atoms with Gasteiger partial charge in [-0.2, -0.15) is 0 Å². The monoisotopic (exact) mass is 330 g/mol. The highest BCUT2D eigenvalue weighted by molar-refractivity contribution is 7.10. The molecular formula is C18H22N2O2S. The van der Waals surface area contributed by atoms with Crippen molar-refractivity contribution in [2.75, 3.05) is 38.7 Å². The minimum Gasteiger partial charge on any atom is -0.378 e. The second-order valence-corrected chi connectivity index (χ2v) is 6.97. The highest BCUT2D eigenvalue weighted by Crippen LogP contribution is 2.25. The van der Waals surface area contributed by atoms with Gasteiger partial charge in [0, 0.05) is 31.2 Å². The van der Waals surface area contributed by atoms with Crippen LogP contribution in [0.25, 0.3) is 0 Å². The van der Waals surface area contributed by atoms with Gasteiger partial charge in [-0.15, -0.1) is 11.3 Å². The van der Waals surface area contributed by atoms with Crippen molar-refractivity contribution in [1.82, 2.24) is 4.90 Å². The number of hydrogen-bond donors (Lipinski definition) is 0. The lowest BCUT2D eigenvalue weighted by Crippen LogP contribution is -2.42. The van der Waals surface area contributed by atoms with Crippen molar-refractivity contribution in [2.24, 2.45) is 0 Å². The van der Waals surface area contributed by atoms with Gasteiger partial charge in [-0.3, -0.25) is 4.79 Å². The van der Waals surface area contributed by atoms with Crippen molar-refractivity contribution < 1.29 is 9.53 Å². The van der Waals surface area contributed by atoms with E-state index in [2.05, 4.69) is 29.2 Å². The standard InChI is InChI=1S/C18H22N2O2S/c1-19(2)15-7-5-14(6-8-15)17-13-20(9-10-22-17)18(21)12-16-4-3-11-23-16/h3-8,11,17H,9-10,12-13H2,1-2H3. The molecule has 2 heterocycles. The number of amides is 1. The molecule has 1 saturated heterocycles. The first kappa shape index (κ1) is 16.0. The third kappa shape index (κ3) is 3.92. The van der Waals surface area contributed by atoms with Gasteiger partial charge in [0.25, 0.3) is 0 Å². The molecule has 4 nitrogen and oxygen atoms in total. The second-order valence-electron chi connectivity index (χ2n) is 5.94. The van der Waals surface area contributed by atoms with Crippen molar-refractivity contribution >= 4 is 22.9 Å². The first-order valence-electron chi connectivity index (χ1n) is 7.82. The summed E-state index contributed by atoms with van der Waals surface area (Å²) in [6.07, 6.45) is 0.455. The van der Waals surface area contributed by atoms with Gasteiger partial charge in [0.05, 0.1) is 19.6 Å². The zero-order valence-corrected chi connectivity index (χ0v) is 14.4. The Morgan fingerprint density at radius 1 is 1.30 bits per heavy atom. The SMILES string of the molecule is CN(C)c1ccc(C2CN(C(=O)Cc3cccs3)CCO2)cc1. The average molecular weight is 330 g/mol. The van der Waals surface area contributed by atoms with E-state index in [-0.39, 0.29) is 12.0 Å². The Morgan fingerprint density at radius 2 is 2.09 bits per heavy atom. The fraction of sp³-hybridized carbons (Fsp3) is 0.389. The largest absolute Gasteiger partial charge is 0.378 e. The van der Waals surface area contributed by atoms with Crippen molar-refractivity contribution in [3.63, 3.8) is 0 Å². The van der Waals surface area contributed by atoms with E-state index < -0.39 is 0 Å². The number of hydrogen-bond acceptors (Lipinski definition) is 4. The fourth-order valence-corrected chi connectivity index (χ4v) is 3.43. The lowest BCUT2D eigenvalue weighted by molar-refractivity contribution is -0.138. The van der Waals surface area contributed by atoms with Crippen LogP contribution in [0.4, 0.5) is 5.69 Å². The van der Waals surface area contributed by atoms with Gasteiger partial charge < -0.3 is 14.5 Å². The normalized spacial score (nSPS) is 18.0. The molecule has 1 aliphatic rings. The number of rotatable bonds is 4. The molecule has 1 aromatic carbocycles. The molecule has 0 aliphatic carbocycles. The van der Waals surface area contributed by atoms with E-state index in [0.717, 1.165) is 16.1 Å². The molecule has 1 aliphatic heterocycles. The van der Waals surface area contributed by atoms with Crippen LogP contribution < -0.4 is 4.90 Å². The van der Waals surface area contributed by atoms with E-state index in [4.69, 9.17) is 4.74 Å². The minimum absolute atomic E-state index is 0.0350. The lowest BCUT2D eigenvalue weighted by atomic mass is 10.1. The van der Waals surface area contributed by atoms with E-state index in [9.17, 15) is 4.79 Å². The maximum atomic E-state index is 12.5. The number of nitrogens with zero attached hydrogens (tertiary/aromatic N) is 2. The maximum absolute atomic E-state index is 12.5. The fourth-order valence-electron chi connectivity index (χ4n) is 2.74. The zero-order valence-electron chi connectivity index (χ0n) is 13.6. The highest BCUT2D eigenvalue weighted by Gasteiger charge is 2.25. The van der Waals surface area contributed by atoms with Crippen LogP contribution in [0.15, 0.2) is 41.8 Å². The molecule has 1 atom stereocenters. The van der Waals surface area contributed by atoms with Crippen molar-refractivity contribution in [2.45, 2.75) is 12.5 Å². The Morgan fingerprint density at radius 3 is 2.74 bits per heavy atom. The summed E-state index contributed by atoms with van der Waals surface area (Å²) in [7, 11) is 4.05. The topological polar surface area (TPSA) is 32.8 Å². The van der Waals surface area contributed by atoms with Crippen molar-refractivity contribution in [1.29, 1.82) is 0 Å². The van der Waals surface area contributed by atoms with Crippen LogP contribution in [-0.4, -0.2) is 44.6 Å². The molecule has 122 valence electrons. The van der Waals surface area contributed by atoms with Crippen LogP contribution >= 0.6 is 11.3 Å². The van der Waals surface area contributed by atoms with Gasteiger partial charge in [-0.1, -0.05) is 18.2 Å². The molecule has 2 aromatic rings. The number of morpholine rings is 1. The van der Waals surface area contributed by atoms with Gasteiger partial charge in [-0.05, 0) is 29.1 Å². The van der Waals surface area contributed by atoms with E-state index in [1.54, 1.807) is 11.3 Å². The number of thiophene rings is 1. The summed E-state index contributed by atoms with van der Waals surface area (Å²) in [5, 5.41) is 2.01. The van der Waals surface area contributed by atoms with Crippen LogP contribution in [0.2, 0.25) is 0 Å². The first-order chi connectivity index (χ1) is 11.1. The summed E-state index contributed by atoms with van der Waals surface area (Å²) in [5.41, 5.74) is 2.29. The molecule has 1 fully saturated rings. The zero-order chi connectivity index (χ0) is 16.2. The summed E-state index contributed by atoms with van der Waals surface area (Å²) in [6, 6.07) is 12.4. The van der Waals surface area contributed by atoms with Crippen molar-refractivity contribution in [3.8, 4) is 0 Å².